The van der Waals surface area contributed by atoms with Gasteiger partial charge in [-0.25, -0.2) is 4.39 Å². The number of rotatable bonds is 4. The van der Waals surface area contributed by atoms with E-state index in [0.29, 0.717) is 12.1 Å². The molecule has 1 amide bonds. The molecule has 2 aromatic carbocycles. The first-order valence-electron chi connectivity index (χ1n) is 7.25. The summed E-state index contributed by atoms with van der Waals surface area (Å²) in [4.78, 5) is 11.9. The van der Waals surface area contributed by atoms with Crippen molar-refractivity contribution in [3.05, 3.63) is 59.9 Å². The van der Waals surface area contributed by atoms with E-state index in [1.807, 2.05) is 51.1 Å². The van der Waals surface area contributed by atoms with Gasteiger partial charge in [0.2, 0.25) is 5.91 Å². The van der Waals surface area contributed by atoms with Crippen molar-refractivity contribution in [3.8, 4) is 0 Å². The molecule has 2 N–H and O–H groups in total. The molecular formula is C18H21FN2O. The number of nitrogens with one attached hydrogen (secondary N) is 2. The van der Waals surface area contributed by atoms with Crippen LogP contribution in [0, 0.1) is 11.2 Å². The van der Waals surface area contributed by atoms with E-state index in [2.05, 4.69) is 10.6 Å². The zero-order valence-corrected chi connectivity index (χ0v) is 13.1. The molecule has 0 aliphatic heterocycles. The van der Waals surface area contributed by atoms with Gasteiger partial charge in [0.05, 0.1) is 0 Å². The Labute approximate surface area is 130 Å². The lowest BCUT2D eigenvalue weighted by Gasteiger charge is -2.17. The first-order valence-corrected chi connectivity index (χ1v) is 7.25. The van der Waals surface area contributed by atoms with Crippen LogP contribution < -0.4 is 10.6 Å². The highest BCUT2D eigenvalue weighted by Gasteiger charge is 2.20. The van der Waals surface area contributed by atoms with E-state index in [9.17, 15) is 9.18 Å². The summed E-state index contributed by atoms with van der Waals surface area (Å²) < 4.78 is 13.5. The fourth-order valence-electron chi connectivity index (χ4n) is 1.83. The highest BCUT2D eigenvalue weighted by atomic mass is 19.1. The smallest absolute Gasteiger partial charge is 0.229 e. The average molecular weight is 300 g/mol. The van der Waals surface area contributed by atoms with Crippen LogP contribution in [0.15, 0.2) is 48.5 Å². The van der Waals surface area contributed by atoms with Crippen LogP contribution in [0.2, 0.25) is 0 Å². The molecule has 0 saturated heterocycles. The van der Waals surface area contributed by atoms with E-state index in [1.165, 1.54) is 6.07 Å². The zero-order valence-electron chi connectivity index (χ0n) is 13.1. The van der Waals surface area contributed by atoms with Gasteiger partial charge in [0, 0.05) is 28.9 Å². The number of benzene rings is 2. The Kier molecular flexibility index (Phi) is 4.81. The lowest BCUT2D eigenvalue weighted by atomic mass is 9.95. The molecular weight excluding hydrogens is 279 g/mol. The number of hydrogen-bond acceptors (Lipinski definition) is 2. The van der Waals surface area contributed by atoms with Crippen molar-refractivity contribution in [1.29, 1.82) is 0 Å². The van der Waals surface area contributed by atoms with Gasteiger partial charge in [-0.3, -0.25) is 4.79 Å². The van der Waals surface area contributed by atoms with Crippen LogP contribution in [-0.4, -0.2) is 5.91 Å². The lowest BCUT2D eigenvalue weighted by molar-refractivity contribution is -0.123. The van der Waals surface area contributed by atoms with E-state index in [4.69, 9.17) is 0 Å². The number of anilines is 2. The molecule has 0 heterocycles. The number of carbonyl (C=O) groups is 1. The minimum atomic E-state index is -0.429. The number of carbonyl (C=O) groups excluding carboxylic acids is 1. The molecule has 0 unspecified atom stereocenters. The van der Waals surface area contributed by atoms with Crippen molar-refractivity contribution in [3.63, 3.8) is 0 Å². The quantitative estimate of drug-likeness (QED) is 0.877. The van der Waals surface area contributed by atoms with Crippen LogP contribution in [0.3, 0.4) is 0 Å². The minimum Gasteiger partial charge on any atom is -0.381 e. The molecule has 0 bridgehead atoms. The van der Waals surface area contributed by atoms with Crippen molar-refractivity contribution in [2.45, 2.75) is 27.3 Å². The normalized spacial score (nSPS) is 11.1. The second-order valence-electron chi connectivity index (χ2n) is 6.23. The second kappa shape index (κ2) is 6.60. The predicted molar refractivity (Wildman–Crippen MR) is 88.3 cm³/mol. The fourth-order valence-corrected chi connectivity index (χ4v) is 1.83. The molecule has 2 aromatic rings. The molecule has 0 aliphatic rings. The third-order valence-electron chi connectivity index (χ3n) is 3.26. The maximum atomic E-state index is 13.5. The number of halogens is 1. The van der Waals surface area contributed by atoms with E-state index in [1.54, 1.807) is 12.1 Å². The van der Waals surface area contributed by atoms with E-state index in [-0.39, 0.29) is 11.7 Å². The Morgan fingerprint density at radius 1 is 1.00 bits per heavy atom. The molecule has 0 saturated carbocycles. The highest BCUT2D eigenvalue weighted by Crippen LogP contribution is 2.19. The Morgan fingerprint density at radius 3 is 2.18 bits per heavy atom. The van der Waals surface area contributed by atoms with Gasteiger partial charge in [-0.1, -0.05) is 39.0 Å². The molecule has 0 aliphatic carbocycles. The number of hydrogen-bond donors (Lipinski definition) is 2. The van der Waals surface area contributed by atoms with Gasteiger partial charge in [-0.05, 0) is 30.3 Å². The van der Waals surface area contributed by atoms with Gasteiger partial charge in [-0.2, -0.15) is 0 Å². The zero-order chi connectivity index (χ0) is 16.2. The Morgan fingerprint density at radius 2 is 1.59 bits per heavy atom. The molecule has 3 nitrogen and oxygen atoms in total. The highest BCUT2D eigenvalue weighted by molar-refractivity contribution is 5.94. The van der Waals surface area contributed by atoms with Gasteiger partial charge >= 0.3 is 0 Å². The van der Waals surface area contributed by atoms with Crippen LogP contribution in [0.1, 0.15) is 26.3 Å². The molecule has 0 spiro atoms. The summed E-state index contributed by atoms with van der Waals surface area (Å²) in [5.41, 5.74) is 1.81. The first kappa shape index (κ1) is 16.0. The summed E-state index contributed by atoms with van der Waals surface area (Å²) in [6.45, 7) is 6.02. The summed E-state index contributed by atoms with van der Waals surface area (Å²) in [6, 6.07) is 14.1. The second-order valence-corrected chi connectivity index (χ2v) is 6.23. The summed E-state index contributed by atoms with van der Waals surface area (Å²) in [5, 5.41) is 6.03. The van der Waals surface area contributed by atoms with Gasteiger partial charge in [0.25, 0.3) is 0 Å². The van der Waals surface area contributed by atoms with Gasteiger partial charge in [0.15, 0.2) is 0 Å². The Hall–Kier alpha value is -2.36. The van der Waals surface area contributed by atoms with Crippen molar-refractivity contribution in [1.82, 2.24) is 0 Å². The minimum absolute atomic E-state index is 0.0282. The van der Waals surface area contributed by atoms with Crippen molar-refractivity contribution in [2.24, 2.45) is 5.41 Å². The maximum absolute atomic E-state index is 13.5. The summed E-state index contributed by atoms with van der Waals surface area (Å²) >= 11 is 0. The fraction of sp³-hybridized carbons (Fsp3) is 0.278. The lowest BCUT2D eigenvalue weighted by Crippen LogP contribution is -2.27. The molecule has 0 fully saturated rings. The third kappa shape index (κ3) is 4.32. The van der Waals surface area contributed by atoms with Crippen LogP contribution in [0.25, 0.3) is 0 Å². The van der Waals surface area contributed by atoms with E-state index >= 15 is 0 Å². The summed E-state index contributed by atoms with van der Waals surface area (Å²) in [7, 11) is 0. The van der Waals surface area contributed by atoms with E-state index in [0.717, 1.165) is 11.4 Å². The monoisotopic (exact) mass is 300 g/mol. The van der Waals surface area contributed by atoms with Crippen LogP contribution in [0.5, 0.6) is 0 Å². The molecule has 116 valence electrons. The standard InChI is InChI=1S/C18H21FN2O/c1-18(2,3)17(22)21-15-10-8-14(9-11-15)20-12-13-6-4-5-7-16(13)19/h4-11,20H,12H2,1-3H3,(H,21,22). The number of amides is 1. The van der Waals surface area contributed by atoms with Gasteiger partial charge < -0.3 is 10.6 Å². The van der Waals surface area contributed by atoms with Gasteiger partial charge in [0.1, 0.15) is 5.82 Å². The van der Waals surface area contributed by atoms with Gasteiger partial charge in [-0.15, -0.1) is 0 Å². The Balaban J connectivity index is 1.95. The summed E-state index contributed by atoms with van der Waals surface area (Å²) in [6.07, 6.45) is 0. The molecule has 0 aromatic heterocycles. The largest absolute Gasteiger partial charge is 0.381 e. The topological polar surface area (TPSA) is 41.1 Å². The van der Waals surface area contributed by atoms with Crippen molar-refractivity contribution in [2.75, 3.05) is 10.6 Å². The molecule has 0 atom stereocenters. The van der Waals surface area contributed by atoms with Crippen LogP contribution in [0.4, 0.5) is 15.8 Å². The van der Waals surface area contributed by atoms with Crippen molar-refractivity contribution < 1.29 is 9.18 Å². The van der Waals surface area contributed by atoms with Crippen molar-refractivity contribution >= 4 is 17.3 Å². The molecule has 0 radical (unpaired) electrons. The van der Waals surface area contributed by atoms with Crippen LogP contribution >= 0.6 is 0 Å². The maximum Gasteiger partial charge on any atom is 0.229 e. The first-order chi connectivity index (χ1) is 10.4. The average Bonchev–Trinajstić information content (AvgIpc) is 2.47. The summed E-state index contributed by atoms with van der Waals surface area (Å²) in [5.74, 6) is -0.247. The molecule has 22 heavy (non-hydrogen) atoms. The molecule has 2 rings (SSSR count). The SMILES string of the molecule is CC(C)(C)C(=O)Nc1ccc(NCc2ccccc2F)cc1. The third-order valence-corrected chi connectivity index (χ3v) is 3.26. The predicted octanol–water partition coefficient (Wildman–Crippen LogP) is 4.42. The Bertz CT molecular complexity index is 645. The molecule has 4 heteroatoms. The van der Waals surface area contributed by atoms with Crippen LogP contribution in [-0.2, 0) is 11.3 Å². The van der Waals surface area contributed by atoms with E-state index < -0.39 is 5.41 Å².